The maximum absolute atomic E-state index is 14.7. The van der Waals surface area contributed by atoms with Crippen molar-refractivity contribution in [3.8, 4) is 16.9 Å². The lowest BCUT2D eigenvalue weighted by molar-refractivity contribution is -0.187. The molecule has 1 aliphatic rings. The third-order valence-electron chi connectivity index (χ3n) is 6.32. The van der Waals surface area contributed by atoms with Crippen molar-refractivity contribution in [3.05, 3.63) is 99.9 Å². The molecule has 3 aromatic rings. The van der Waals surface area contributed by atoms with E-state index in [-0.39, 0.29) is 40.4 Å². The van der Waals surface area contributed by atoms with Gasteiger partial charge in [0.2, 0.25) is 0 Å². The molecule has 3 aromatic carbocycles. The van der Waals surface area contributed by atoms with E-state index < -0.39 is 40.7 Å². The van der Waals surface area contributed by atoms with Gasteiger partial charge in [0.1, 0.15) is 17.4 Å². The molecule has 0 spiro atoms. The molecule has 4 rings (SSSR count). The lowest BCUT2D eigenvalue weighted by Gasteiger charge is -2.27. The van der Waals surface area contributed by atoms with Crippen LogP contribution in [-0.4, -0.2) is 0 Å². The first kappa shape index (κ1) is 26.1. The molecule has 0 aliphatic heterocycles. The highest BCUT2D eigenvalue weighted by atomic mass is 35.5. The van der Waals surface area contributed by atoms with Crippen LogP contribution in [-0.2, 0) is 6.11 Å². The fourth-order valence-corrected chi connectivity index (χ4v) is 4.70. The number of hydrogen-bond acceptors (Lipinski definition) is 1. The van der Waals surface area contributed by atoms with Gasteiger partial charge in [-0.1, -0.05) is 48.9 Å². The number of alkyl halides is 2. The average molecular weight is 529 g/mol. The molecule has 0 saturated carbocycles. The van der Waals surface area contributed by atoms with Gasteiger partial charge in [0.15, 0.2) is 17.5 Å². The van der Waals surface area contributed by atoms with Crippen molar-refractivity contribution >= 4 is 11.6 Å². The molecule has 0 fully saturated rings. The first-order chi connectivity index (χ1) is 17.0. The molecule has 1 aliphatic carbocycles. The zero-order valence-corrected chi connectivity index (χ0v) is 19.7. The van der Waals surface area contributed by atoms with Gasteiger partial charge in [0.05, 0.1) is 10.6 Å². The van der Waals surface area contributed by atoms with Crippen LogP contribution in [0.15, 0.2) is 65.5 Å². The molecule has 0 aromatic heterocycles. The molecule has 36 heavy (non-hydrogen) atoms. The summed E-state index contributed by atoms with van der Waals surface area (Å²) >= 11 is 6.27. The molecule has 1 nitrogen and oxygen atoms in total. The highest BCUT2D eigenvalue weighted by Gasteiger charge is 2.38. The second-order valence-corrected chi connectivity index (χ2v) is 8.97. The second-order valence-electron chi connectivity index (χ2n) is 8.57. The Labute approximate surface area is 208 Å². The van der Waals surface area contributed by atoms with Crippen molar-refractivity contribution < 1.29 is 35.5 Å². The van der Waals surface area contributed by atoms with Crippen molar-refractivity contribution in [3.63, 3.8) is 0 Å². The van der Waals surface area contributed by atoms with Crippen LogP contribution in [0.3, 0.4) is 0 Å². The molecule has 0 radical (unpaired) electrons. The van der Waals surface area contributed by atoms with Gasteiger partial charge in [-0.3, -0.25) is 0 Å². The number of ether oxygens (including phenoxy) is 1. The normalized spacial score (nSPS) is 18.5. The summed E-state index contributed by atoms with van der Waals surface area (Å²) in [6, 6.07) is 10.1. The number of hydrogen-bond donors (Lipinski definition) is 0. The monoisotopic (exact) mass is 528 g/mol. The van der Waals surface area contributed by atoms with Crippen LogP contribution in [0.2, 0.25) is 0 Å². The number of allylic oxidation sites excluding steroid dienone is 2. The topological polar surface area (TPSA) is 9.23 Å². The summed E-state index contributed by atoms with van der Waals surface area (Å²) in [5.41, 5.74) is 0.399. The Balaban J connectivity index is 1.55. The fourth-order valence-electron chi connectivity index (χ4n) is 4.31. The summed E-state index contributed by atoms with van der Waals surface area (Å²) in [4.78, 5) is 0. The maximum Gasteiger partial charge on any atom is 0.429 e. The van der Waals surface area contributed by atoms with E-state index in [1.807, 2.05) is 6.92 Å². The van der Waals surface area contributed by atoms with Crippen molar-refractivity contribution in [1.82, 2.24) is 0 Å². The Morgan fingerprint density at radius 2 is 1.44 bits per heavy atom. The number of rotatable bonds is 6. The van der Waals surface area contributed by atoms with Gasteiger partial charge in [-0.15, -0.1) is 0 Å². The van der Waals surface area contributed by atoms with E-state index in [0.29, 0.717) is 24.8 Å². The van der Waals surface area contributed by atoms with Gasteiger partial charge in [-0.05, 0) is 48.1 Å². The molecule has 0 amide bonds. The largest absolute Gasteiger partial charge is 0.429 e. The molecule has 0 saturated heterocycles. The quantitative estimate of drug-likeness (QED) is 0.229. The minimum atomic E-state index is -4.30. The minimum Gasteiger partial charge on any atom is -0.429 e. The van der Waals surface area contributed by atoms with Gasteiger partial charge >= 0.3 is 6.11 Å². The molecule has 0 N–H and O–H groups in total. The summed E-state index contributed by atoms with van der Waals surface area (Å²) in [6.45, 7) is 1.90. The van der Waals surface area contributed by atoms with Crippen LogP contribution >= 0.6 is 11.6 Å². The standard InChI is InChI=1S/C27H20ClF7O/c1-2-14-7-9-19(24(28)25(14)32)16-5-3-15(4-6-16)17-8-10-20(21(29)11-17)27(34,35)36-18-12-22(30)26(33)23(31)13-18/h3-6,8,10-14,19H,2,7,9H2,1H3. The second kappa shape index (κ2) is 10.2. The lowest BCUT2D eigenvalue weighted by atomic mass is 9.82. The molecular formula is C27H20ClF7O. The number of benzene rings is 3. The van der Waals surface area contributed by atoms with E-state index in [1.165, 1.54) is 6.07 Å². The Kier molecular flexibility index (Phi) is 7.36. The van der Waals surface area contributed by atoms with Crippen LogP contribution < -0.4 is 4.74 Å². The van der Waals surface area contributed by atoms with Gasteiger partial charge in [-0.2, -0.15) is 8.78 Å². The maximum atomic E-state index is 14.7. The Morgan fingerprint density at radius 3 is 2.03 bits per heavy atom. The molecule has 9 heteroatoms. The zero-order valence-electron chi connectivity index (χ0n) is 18.9. The third-order valence-corrected chi connectivity index (χ3v) is 6.77. The van der Waals surface area contributed by atoms with Gasteiger partial charge in [0, 0.05) is 24.0 Å². The molecule has 2 atom stereocenters. The molecule has 2 unspecified atom stereocenters. The molecular weight excluding hydrogens is 509 g/mol. The SMILES string of the molecule is CCC1CCC(c2ccc(-c3ccc(C(F)(F)Oc4cc(F)c(F)c(F)c4)c(F)c3)cc2)C(Cl)=C1F. The van der Waals surface area contributed by atoms with Crippen LogP contribution in [0.1, 0.15) is 43.2 Å². The van der Waals surface area contributed by atoms with Gasteiger partial charge in [-0.25, -0.2) is 22.0 Å². The lowest BCUT2D eigenvalue weighted by Crippen LogP contribution is -2.23. The van der Waals surface area contributed by atoms with E-state index in [1.54, 1.807) is 24.3 Å². The van der Waals surface area contributed by atoms with Crippen LogP contribution in [0, 0.1) is 29.2 Å². The van der Waals surface area contributed by atoms with Crippen LogP contribution in [0.5, 0.6) is 5.75 Å². The van der Waals surface area contributed by atoms with Crippen LogP contribution in [0.4, 0.5) is 30.7 Å². The molecule has 190 valence electrons. The van der Waals surface area contributed by atoms with Crippen LogP contribution in [0.25, 0.3) is 11.1 Å². The highest BCUT2D eigenvalue weighted by Crippen LogP contribution is 2.44. The fraction of sp³-hybridized carbons (Fsp3) is 0.259. The first-order valence-electron chi connectivity index (χ1n) is 11.2. The Morgan fingerprint density at radius 1 is 0.833 bits per heavy atom. The van der Waals surface area contributed by atoms with E-state index in [0.717, 1.165) is 17.7 Å². The van der Waals surface area contributed by atoms with Gasteiger partial charge in [0.25, 0.3) is 0 Å². The summed E-state index contributed by atoms with van der Waals surface area (Å²) in [6.07, 6.45) is -2.28. The van der Waals surface area contributed by atoms with E-state index >= 15 is 0 Å². The van der Waals surface area contributed by atoms with E-state index in [9.17, 15) is 30.7 Å². The Hall–Kier alpha value is -3.00. The summed E-state index contributed by atoms with van der Waals surface area (Å²) < 4.78 is 102. The highest BCUT2D eigenvalue weighted by molar-refractivity contribution is 6.30. The van der Waals surface area contributed by atoms with Gasteiger partial charge < -0.3 is 4.74 Å². The smallest absolute Gasteiger partial charge is 0.429 e. The predicted octanol–water partition coefficient (Wildman–Crippen LogP) is 9.36. The van der Waals surface area contributed by atoms with Crippen molar-refractivity contribution in [2.45, 2.75) is 38.2 Å². The minimum absolute atomic E-state index is 0.180. The van der Waals surface area contributed by atoms with E-state index in [4.69, 9.17) is 11.6 Å². The Bertz CT molecular complexity index is 1280. The predicted molar refractivity (Wildman–Crippen MR) is 122 cm³/mol. The zero-order chi connectivity index (χ0) is 26.2. The first-order valence-corrected chi connectivity index (χ1v) is 11.6. The van der Waals surface area contributed by atoms with Crippen molar-refractivity contribution in [1.29, 1.82) is 0 Å². The average Bonchev–Trinajstić information content (AvgIpc) is 2.84. The summed E-state index contributed by atoms with van der Waals surface area (Å²) in [5.74, 6) is -8.40. The molecule has 0 heterocycles. The third kappa shape index (κ3) is 5.09. The van der Waals surface area contributed by atoms with Crippen molar-refractivity contribution in [2.75, 3.05) is 0 Å². The summed E-state index contributed by atoms with van der Waals surface area (Å²) in [5, 5.41) is 0.180. The summed E-state index contributed by atoms with van der Waals surface area (Å²) in [7, 11) is 0. The molecule has 0 bridgehead atoms. The van der Waals surface area contributed by atoms with E-state index in [2.05, 4.69) is 4.74 Å². The number of halogens is 8. The van der Waals surface area contributed by atoms with Crippen molar-refractivity contribution in [2.24, 2.45) is 5.92 Å².